The SMILES string of the molecule is Cc1cc(C)c(NC(=O)c2ccc(C)cc2Br)c(C)c1. The van der Waals surface area contributed by atoms with Crippen LogP contribution in [-0.4, -0.2) is 5.91 Å². The van der Waals surface area contributed by atoms with E-state index in [1.165, 1.54) is 5.56 Å². The molecule has 1 amide bonds. The predicted octanol–water partition coefficient (Wildman–Crippen LogP) is 4.94. The van der Waals surface area contributed by atoms with Crippen LogP contribution in [0.25, 0.3) is 0 Å². The zero-order valence-electron chi connectivity index (χ0n) is 12.2. The first kappa shape index (κ1) is 14.8. The molecule has 1 N–H and O–H groups in total. The molecule has 0 atom stereocenters. The van der Waals surface area contributed by atoms with Gasteiger partial charge in [0.05, 0.1) is 5.56 Å². The molecule has 0 unspecified atom stereocenters. The van der Waals surface area contributed by atoms with Crippen LogP contribution in [0.2, 0.25) is 0 Å². The molecular formula is C17H18BrNO. The van der Waals surface area contributed by atoms with Gasteiger partial charge in [-0.1, -0.05) is 23.8 Å². The molecule has 2 rings (SSSR count). The van der Waals surface area contributed by atoms with Gasteiger partial charge in [-0.25, -0.2) is 0 Å². The lowest BCUT2D eigenvalue weighted by Gasteiger charge is -2.13. The van der Waals surface area contributed by atoms with Crippen molar-refractivity contribution in [2.75, 3.05) is 5.32 Å². The number of amides is 1. The normalized spacial score (nSPS) is 10.4. The maximum atomic E-state index is 12.4. The standard InChI is InChI=1S/C17H18BrNO/c1-10-5-6-14(15(18)9-10)17(20)19-16-12(3)7-11(2)8-13(16)4/h5-9H,1-4H3,(H,19,20). The van der Waals surface area contributed by atoms with Crippen LogP contribution in [0.15, 0.2) is 34.8 Å². The number of aryl methyl sites for hydroxylation is 4. The second-order valence-electron chi connectivity index (χ2n) is 5.21. The summed E-state index contributed by atoms with van der Waals surface area (Å²) in [6.07, 6.45) is 0. The number of nitrogens with one attached hydrogen (secondary N) is 1. The lowest BCUT2D eigenvalue weighted by Crippen LogP contribution is -2.14. The van der Waals surface area contributed by atoms with Crippen LogP contribution in [-0.2, 0) is 0 Å². The lowest BCUT2D eigenvalue weighted by molar-refractivity contribution is 0.102. The van der Waals surface area contributed by atoms with Gasteiger partial charge >= 0.3 is 0 Å². The molecule has 2 nitrogen and oxygen atoms in total. The molecule has 20 heavy (non-hydrogen) atoms. The van der Waals surface area contributed by atoms with E-state index in [0.29, 0.717) is 5.56 Å². The molecule has 0 bridgehead atoms. The molecule has 0 saturated heterocycles. The zero-order chi connectivity index (χ0) is 14.9. The van der Waals surface area contributed by atoms with Crippen LogP contribution in [0.4, 0.5) is 5.69 Å². The van der Waals surface area contributed by atoms with Gasteiger partial charge in [-0.05, 0) is 72.4 Å². The summed E-state index contributed by atoms with van der Waals surface area (Å²) in [5, 5.41) is 3.01. The van der Waals surface area contributed by atoms with Crippen molar-refractivity contribution in [1.29, 1.82) is 0 Å². The Kier molecular flexibility index (Phi) is 4.29. The largest absolute Gasteiger partial charge is 0.321 e. The van der Waals surface area contributed by atoms with Gasteiger partial charge in [0, 0.05) is 10.2 Å². The molecule has 0 aliphatic heterocycles. The zero-order valence-corrected chi connectivity index (χ0v) is 13.8. The van der Waals surface area contributed by atoms with Crippen LogP contribution in [0.5, 0.6) is 0 Å². The van der Waals surface area contributed by atoms with Crippen molar-refractivity contribution in [1.82, 2.24) is 0 Å². The van der Waals surface area contributed by atoms with E-state index in [1.54, 1.807) is 0 Å². The first-order chi connectivity index (χ1) is 9.38. The third-order valence-electron chi connectivity index (χ3n) is 3.28. The number of halogens is 1. The van der Waals surface area contributed by atoms with E-state index in [1.807, 2.05) is 39.0 Å². The number of anilines is 1. The second kappa shape index (κ2) is 5.80. The molecule has 3 heteroatoms. The van der Waals surface area contributed by atoms with E-state index in [-0.39, 0.29) is 5.91 Å². The van der Waals surface area contributed by atoms with Crippen molar-refractivity contribution in [2.24, 2.45) is 0 Å². The predicted molar refractivity (Wildman–Crippen MR) is 87.5 cm³/mol. The van der Waals surface area contributed by atoms with Crippen molar-refractivity contribution < 1.29 is 4.79 Å². The molecule has 0 heterocycles. The van der Waals surface area contributed by atoms with Gasteiger partial charge in [-0.2, -0.15) is 0 Å². The average Bonchev–Trinajstić information content (AvgIpc) is 2.33. The van der Waals surface area contributed by atoms with Crippen LogP contribution >= 0.6 is 15.9 Å². The molecule has 2 aromatic carbocycles. The topological polar surface area (TPSA) is 29.1 Å². The molecule has 2 aromatic rings. The van der Waals surface area contributed by atoms with E-state index in [0.717, 1.165) is 26.9 Å². The molecule has 0 radical (unpaired) electrons. The summed E-state index contributed by atoms with van der Waals surface area (Å²) in [6, 6.07) is 9.88. The van der Waals surface area contributed by atoms with Crippen LogP contribution in [0.1, 0.15) is 32.6 Å². The van der Waals surface area contributed by atoms with E-state index >= 15 is 0 Å². The third kappa shape index (κ3) is 3.10. The number of carbonyl (C=O) groups excluding carboxylic acids is 1. The number of hydrogen-bond acceptors (Lipinski definition) is 1. The lowest BCUT2D eigenvalue weighted by atomic mass is 10.0. The van der Waals surface area contributed by atoms with Gasteiger partial charge in [0.25, 0.3) is 5.91 Å². The van der Waals surface area contributed by atoms with E-state index in [4.69, 9.17) is 0 Å². The summed E-state index contributed by atoms with van der Waals surface area (Å²) in [7, 11) is 0. The Balaban J connectivity index is 2.33. The van der Waals surface area contributed by atoms with Gasteiger partial charge in [-0.3, -0.25) is 4.79 Å². The molecule has 0 aliphatic carbocycles. The van der Waals surface area contributed by atoms with Gasteiger partial charge < -0.3 is 5.32 Å². The average molecular weight is 332 g/mol. The molecule has 0 saturated carbocycles. The highest BCUT2D eigenvalue weighted by atomic mass is 79.9. The molecular weight excluding hydrogens is 314 g/mol. The van der Waals surface area contributed by atoms with E-state index in [2.05, 4.69) is 40.3 Å². The minimum atomic E-state index is -0.0908. The van der Waals surface area contributed by atoms with Crippen LogP contribution < -0.4 is 5.32 Å². The van der Waals surface area contributed by atoms with Gasteiger partial charge in [0.1, 0.15) is 0 Å². The molecule has 0 aliphatic rings. The molecule has 0 fully saturated rings. The molecule has 0 spiro atoms. The van der Waals surface area contributed by atoms with Crippen molar-refractivity contribution >= 4 is 27.5 Å². The summed E-state index contributed by atoms with van der Waals surface area (Å²) in [4.78, 5) is 12.4. The Morgan fingerprint density at radius 1 is 0.950 bits per heavy atom. The van der Waals surface area contributed by atoms with Gasteiger partial charge in [-0.15, -0.1) is 0 Å². The fraction of sp³-hybridized carbons (Fsp3) is 0.235. The number of benzene rings is 2. The smallest absolute Gasteiger partial charge is 0.256 e. The Labute approximate surface area is 128 Å². The highest BCUT2D eigenvalue weighted by molar-refractivity contribution is 9.10. The van der Waals surface area contributed by atoms with Crippen molar-refractivity contribution in [3.63, 3.8) is 0 Å². The Morgan fingerprint density at radius 3 is 2.10 bits per heavy atom. The van der Waals surface area contributed by atoms with E-state index in [9.17, 15) is 4.79 Å². The highest BCUT2D eigenvalue weighted by Crippen LogP contribution is 2.24. The molecule has 0 aromatic heterocycles. The van der Waals surface area contributed by atoms with Crippen molar-refractivity contribution in [2.45, 2.75) is 27.7 Å². The number of carbonyl (C=O) groups is 1. The second-order valence-corrected chi connectivity index (χ2v) is 6.07. The summed E-state index contributed by atoms with van der Waals surface area (Å²) < 4.78 is 0.817. The first-order valence-corrected chi connectivity index (χ1v) is 7.33. The Bertz CT molecular complexity index is 654. The van der Waals surface area contributed by atoms with E-state index < -0.39 is 0 Å². The van der Waals surface area contributed by atoms with Crippen molar-refractivity contribution in [3.05, 3.63) is 62.6 Å². The Morgan fingerprint density at radius 2 is 1.55 bits per heavy atom. The Hall–Kier alpha value is -1.61. The maximum Gasteiger partial charge on any atom is 0.256 e. The summed E-state index contributed by atoms with van der Waals surface area (Å²) in [6.45, 7) is 8.09. The fourth-order valence-electron chi connectivity index (χ4n) is 2.36. The van der Waals surface area contributed by atoms with Gasteiger partial charge in [0.2, 0.25) is 0 Å². The van der Waals surface area contributed by atoms with Crippen LogP contribution in [0, 0.1) is 27.7 Å². The summed E-state index contributed by atoms with van der Waals surface area (Å²) in [5.41, 5.74) is 6.03. The summed E-state index contributed by atoms with van der Waals surface area (Å²) >= 11 is 3.45. The monoisotopic (exact) mass is 331 g/mol. The van der Waals surface area contributed by atoms with Crippen LogP contribution in [0.3, 0.4) is 0 Å². The number of hydrogen-bond donors (Lipinski definition) is 1. The maximum absolute atomic E-state index is 12.4. The first-order valence-electron chi connectivity index (χ1n) is 6.54. The quantitative estimate of drug-likeness (QED) is 0.830. The fourth-order valence-corrected chi connectivity index (χ4v) is 3.04. The minimum absolute atomic E-state index is 0.0908. The molecule has 104 valence electrons. The highest BCUT2D eigenvalue weighted by Gasteiger charge is 2.13. The summed E-state index contributed by atoms with van der Waals surface area (Å²) in [5.74, 6) is -0.0908. The van der Waals surface area contributed by atoms with Crippen molar-refractivity contribution in [3.8, 4) is 0 Å². The number of rotatable bonds is 2. The van der Waals surface area contributed by atoms with Gasteiger partial charge in [0.15, 0.2) is 0 Å². The minimum Gasteiger partial charge on any atom is -0.321 e. The third-order valence-corrected chi connectivity index (χ3v) is 3.94.